The SMILES string of the molecule is CC1(C)CC(=O)c2cc3c(cc2C1)C(=O)c1ccccc1C3=O. The number of carbonyl (C=O) groups is 3. The Labute approximate surface area is 134 Å². The molecule has 0 saturated carbocycles. The summed E-state index contributed by atoms with van der Waals surface area (Å²) in [7, 11) is 0. The van der Waals surface area contributed by atoms with Gasteiger partial charge in [-0.2, -0.15) is 0 Å². The Balaban J connectivity index is 1.95. The van der Waals surface area contributed by atoms with Crippen LogP contribution in [0.2, 0.25) is 0 Å². The minimum atomic E-state index is -0.171. The molecule has 0 radical (unpaired) electrons. The van der Waals surface area contributed by atoms with Crippen LogP contribution in [0.5, 0.6) is 0 Å². The summed E-state index contributed by atoms with van der Waals surface area (Å²) in [5.41, 5.74) is 3.03. The first-order valence-electron chi connectivity index (χ1n) is 7.76. The zero-order valence-electron chi connectivity index (χ0n) is 13.1. The lowest BCUT2D eigenvalue weighted by Gasteiger charge is -2.31. The summed E-state index contributed by atoms with van der Waals surface area (Å²) < 4.78 is 0. The van der Waals surface area contributed by atoms with Crippen LogP contribution in [0.1, 0.15) is 68.0 Å². The van der Waals surface area contributed by atoms with Gasteiger partial charge in [0.2, 0.25) is 0 Å². The number of Topliss-reactive ketones (excluding diaryl/α,β-unsaturated/α-hetero) is 1. The molecule has 0 aliphatic heterocycles. The molecule has 23 heavy (non-hydrogen) atoms. The number of hydrogen-bond donors (Lipinski definition) is 0. The second-order valence-electron chi connectivity index (χ2n) is 7.20. The van der Waals surface area contributed by atoms with Crippen LogP contribution in [0.4, 0.5) is 0 Å². The molecule has 2 aromatic carbocycles. The first-order chi connectivity index (χ1) is 10.9. The molecule has 0 fully saturated rings. The van der Waals surface area contributed by atoms with Crippen LogP contribution in [0, 0.1) is 5.41 Å². The number of rotatable bonds is 0. The molecule has 3 nitrogen and oxygen atoms in total. The van der Waals surface area contributed by atoms with Gasteiger partial charge in [-0.15, -0.1) is 0 Å². The van der Waals surface area contributed by atoms with Gasteiger partial charge in [0.25, 0.3) is 0 Å². The van der Waals surface area contributed by atoms with Gasteiger partial charge in [0.1, 0.15) is 0 Å². The Kier molecular flexibility index (Phi) is 2.74. The van der Waals surface area contributed by atoms with Gasteiger partial charge in [0.15, 0.2) is 17.3 Å². The molecule has 0 amide bonds. The lowest BCUT2D eigenvalue weighted by Crippen LogP contribution is -2.29. The highest BCUT2D eigenvalue weighted by Crippen LogP contribution is 2.38. The molecular weight excluding hydrogens is 288 g/mol. The van der Waals surface area contributed by atoms with Crippen molar-refractivity contribution in [1.82, 2.24) is 0 Å². The maximum absolute atomic E-state index is 12.7. The van der Waals surface area contributed by atoms with E-state index in [2.05, 4.69) is 13.8 Å². The van der Waals surface area contributed by atoms with Gasteiger partial charge in [-0.25, -0.2) is 0 Å². The normalized spacial score (nSPS) is 18.3. The van der Waals surface area contributed by atoms with Crippen molar-refractivity contribution in [2.75, 3.05) is 0 Å². The van der Waals surface area contributed by atoms with Crippen LogP contribution in [0.25, 0.3) is 0 Å². The van der Waals surface area contributed by atoms with Crippen molar-refractivity contribution in [3.63, 3.8) is 0 Å². The summed E-state index contributed by atoms with van der Waals surface area (Å²) in [6, 6.07) is 10.3. The first-order valence-corrected chi connectivity index (χ1v) is 7.76. The van der Waals surface area contributed by atoms with E-state index in [1.165, 1.54) is 0 Å². The van der Waals surface area contributed by atoms with Gasteiger partial charge in [-0.3, -0.25) is 14.4 Å². The van der Waals surface area contributed by atoms with Crippen LogP contribution in [0.3, 0.4) is 0 Å². The quantitative estimate of drug-likeness (QED) is 0.637. The molecule has 0 heterocycles. The van der Waals surface area contributed by atoms with E-state index in [0.29, 0.717) is 34.2 Å². The van der Waals surface area contributed by atoms with Crippen molar-refractivity contribution in [3.05, 3.63) is 69.8 Å². The van der Waals surface area contributed by atoms with E-state index in [1.54, 1.807) is 36.4 Å². The van der Waals surface area contributed by atoms with E-state index in [0.717, 1.165) is 12.0 Å². The standard InChI is InChI=1S/C20H16O3/c1-20(2)9-11-7-15-16(8-14(11)17(21)10-20)19(23)13-6-4-3-5-12(13)18(15)22/h3-8H,9-10H2,1-2H3. The van der Waals surface area contributed by atoms with Crippen molar-refractivity contribution in [1.29, 1.82) is 0 Å². The van der Waals surface area contributed by atoms with Crippen molar-refractivity contribution in [3.8, 4) is 0 Å². The van der Waals surface area contributed by atoms with Crippen LogP contribution in [0.15, 0.2) is 36.4 Å². The maximum Gasteiger partial charge on any atom is 0.194 e. The van der Waals surface area contributed by atoms with Crippen molar-refractivity contribution in [2.45, 2.75) is 26.7 Å². The average molecular weight is 304 g/mol. The van der Waals surface area contributed by atoms with Gasteiger partial charge in [-0.05, 0) is 29.5 Å². The molecule has 0 aromatic heterocycles. The predicted molar refractivity (Wildman–Crippen MR) is 86.2 cm³/mol. The Morgan fingerprint density at radius 3 is 1.91 bits per heavy atom. The van der Waals surface area contributed by atoms with Gasteiger partial charge in [0, 0.05) is 34.2 Å². The second-order valence-corrected chi connectivity index (χ2v) is 7.20. The molecule has 0 N–H and O–H groups in total. The number of benzene rings is 2. The molecule has 2 aromatic rings. The number of fused-ring (bicyclic) bond motifs is 3. The van der Waals surface area contributed by atoms with E-state index in [4.69, 9.17) is 0 Å². The number of hydrogen-bond acceptors (Lipinski definition) is 3. The van der Waals surface area contributed by atoms with E-state index < -0.39 is 0 Å². The van der Waals surface area contributed by atoms with Gasteiger partial charge >= 0.3 is 0 Å². The Bertz CT molecular complexity index is 903. The molecule has 0 bridgehead atoms. The van der Waals surface area contributed by atoms with Crippen LogP contribution >= 0.6 is 0 Å². The molecule has 2 aliphatic rings. The zero-order valence-corrected chi connectivity index (χ0v) is 13.1. The first kappa shape index (κ1) is 14.1. The van der Waals surface area contributed by atoms with Crippen LogP contribution < -0.4 is 0 Å². The molecule has 0 saturated heterocycles. The monoisotopic (exact) mass is 304 g/mol. The van der Waals surface area contributed by atoms with Gasteiger partial charge in [-0.1, -0.05) is 38.1 Å². The highest BCUT2D eigenvalue weighted by Gasteiger charge is 2.35. The van der Waals surface area contributed by atoms with Crippen LogP contribution in [-0.2, 0) is 6.42 Å². The highest BCUT2D eigenvalue weighted by atomic mass is 16.1. The zero-order chi connectivity index (χ0) is 16.4. The third kappa shape index (κ3) is 2.00. The molecule has 114 valence electrons. The molecule has 3 heteroatoms. The third-order valence-corrected chi connectivity index (χ3v) is 4.76. The second kappa shape index (κ2) is 4.48. The summed E-state index contributed by atoms with van der Waals surface area (Å²) in [5, 5.41) is 0. The topological polar surface area (TPSA) is 51.2 Å². The maximum atomic E-state index is 12.7. The highest BCUT2D eigenvalue weighted by molar-refractivity contribution is 6.29. The van der Waals surface area contributed by atoms with Gasteiger partial charge in [0.05, 0.1) is 0 Å². The summed E-state index contributed by atoms with van der Waals surface area (Å²) in [6.07, 6.45) is 1.21. The fourth-order valence-corrected chi connectivity index (χ4v) is 3.70. The smallest absolute Gasteiger partial charge is 0.194 e. The fourth-order valence-electron chi connectivity index (χ4n) is 3.70. The molecule has 2 aliphatic carbocycles. The summed E-state index contributed by atoms with van der Waals surface area (Å²) in [5.74, 6) is -0.248. The molecule has 0 unspecified atom stereocenters. The Morgan fingerprint density at radius 2 is 1.30 bits per heavy atom. The van der Waals surface area contributed by atoms with Crippen molar-refractivity contribution in [2.24, 2.45) is 5.41 Å². The fraction of sp³-hybridized carbons (Fsp3) is 0.250. The minimum Gasteiger partial charge on any atom is -0.294 e. The average Bonchev–Trinajstić information content (AvgIpc) is 2.50. The Morgan fingerprint density at radius 1 is 0.739 bits per heavy atom. The Hall–Kier alpha value is -2.55. The lowest BCUT2D eigenvalue weighted by atomic mass is 9.71. The predicted octanol–water partition coefficient (Wildman–Crippen LogP) is 3.62. The summed E-state index contributed by atoms with van der Waals surface area (Å²) in [4.78, 5) is 37.9. The van der Waals surface area contributed by atoms with E-state index >= 15 is 0 Å². The largest absolute Gasteiger partial charge is 0.294 e. The lowest BCUT2D eigenvalue weighted by molar-refractivity contribution is 0.0910. The van der Waals surface area contributed by atoms with Gasteiger partial charge < -0.3 is 0 Å². The molecule has 0 atom stereocenters. The molecular formula is C20H16O3. The van der Waals surface area contributed by atoms with E-state index in [9.17, 15) is 14.4 Å². The third-order valence-electron chi connectivity index (χ3n) is 4.76. The molecule has 0 spiro atoms. The summed E-state index contributed by atoms with van der Waals surface area (Å²) in [6.45, 7) is 4.10. The van der Waals surface area contributed by atoms with Crippen molar-refractivity contribution < 1.29 is 14.4 Å². The van der Waals surface area contributed by atoms with Crippen LogP contribution in [-0.4, -0.2) is 17.3 Å². The number of carbonyl (C=O) groups excluding carboxylic acids is 3. The minimum absolute atomic E-state index is 0.0538. The van der Waals surface area contributed by atoms with E-state index in [-0.39, 0.29) is 22.8 Å². The summed E-state index contributed by atoms with van der Waals surface area (Å²) >= 11 is 0. The number of ketones is 3. The van der Waals surface area contributed by atoms with E-state index in [1.807, 2.05) is 0 Å². The van der Waals surface area contributed by atoms with Crippen molar-refractivity contribution >= 4 is 17.3 Å². The molecule has 4 rings (SSSR count).